The van der Waals surface area contributed by atoms with E-state index in [-0.39, 0.29) is 5.91 Å². The molecule has 0 aromatic heterocycles. The lowest BCUT2D eigenvalue weighted by atomic mass is 9.92. The standard InChI is InChI=1S/C14H27N3O/c1-11-9-14(3-6-15-11)17-7-4-13(5-8-17)10-16-12(2)18/h11,13-15H,3-10H2,1-2H3,(H,16,18). The van der Waals surface area contributed by atoms with E-state index in [2.05, 4.69) is 22.5 Å². The van der Waals surface area contributed by atoms with E-state index in [1.807, 2.05) is 0 Å². The summed E-state index contributed by atoms with van der Waals surface area (Å²) in [5.41, 5.74) is 0. The monoisotopic (exact) mass is 253 g/mol. The van der Waals surface area contributed by atoms with Gasteiger partial charge in [-0.05, 0) is 58.2 Å². The van der Waals surface area contributed by atoms with E-state index in [0.717, 1.165) is 19.1 Å². The third kappa shape index (κ3) is 3.95. The van der Waals surface area contributed by atoms with Gasteiger partial charge in [-0.1, -0.05) is 0 Å². The molecule has 0 aromatic carbocycles. The molecular weight excluding hydrogens is 226 g/mol. The van der Waals surface area contributed by atoms with Crippen LogP contribution in [-0.4, -0.2) is 49.1 Å². The summed E-state index contributed by atoms with van der Waals surface area (Å²) in [6.07, 6.45) is 5.05. The van der Waals surface area contributed by atoms with Crippen molar-refractivity contribution in [1.29, 1.82) is 0 Å². The number of hydrogen-bond donors (Lipinski definition) is 2. The summed E-state index contributed by atoms with van der Waals surface area (Å²) in [6, 6.07) is 1.45. The van der Waals surface area contributed by atoms with Gasteiger partial charge in [0.15, 0.2) is 0 Å². The molecule has 104 valence electrons. The molecule has 2 saturated heterocycles. The number of nitrogens with one attached hydrogen (secondary N) is 2. The van der Waals surface area contributed by atoms with Crippen molar-refractivity contribution < 1.29 is 4.79 Å². The van der Waals surface area contributed by atoms with Crippen LogP contribution in [0, 0.1) is 5.92 Å². The first-order valence-electron chi connectivity index (χ1n) is 7.37. The van der Waals surface area contributed by atoms with Crippen molar-refractivity contribution in [2.75, 3.05) is 26.2 Å². The number of rotatable bonds is 3. The van der Waals surface area contributed by atoms with Gasteiger partial charge in [0.1, 0.15) is 0 Å². The zero-order valence-corrected chi connectivity index (χ0v) is 11.7. The van der Waals surface area contributed by atoms with Gasteiger partial charge in [-0.25, -0.2) is 0 Å². The number of carbonyl (C=O) groups is 1. The minimum Gasteiger partial charge on any atom is -0.356 e. The number of carbonyl (C=O) groups excluding carboxylic acids is 1. The molecule has 2 aliphatic heterocycles. The maximum Gasteiger partial charge on any atom is 0.216 e. The molecule has 0 aromatic rings. The molecule has 0 aliphatic carbocycles. The summed E-state index contributed by atoms with van der Waals surface area (Å²) < 4.78 is 0. The lowest BCUT2D eigenvalue weighted by Crippen LogP contribution is -2.50. The second-order valence-electron chi connectivity index (χ2n) is 5.95. The van der Waals surface area contributed by atoms with Crippen molar-refractivity contribution in [3.05, 3.63) is 0 Å². The summed E-state index contributed by atoms with van der Waals surface area (Å²) >= 11 is 0. The lowest BCUT2D eigenvalue weighted by Gasteiger charge is -2.41. The van der Waals surface area contributed by atoms with Gasteiger partial charge in [-0.3, -0.25) is 4.79 Å². The third-order valence-electron chi connectivity index (χ3n) is 4.40. The van der Waals surface area contributed by atoms with Gasteiger partial charge >= 0.3 is 0 Å². The minimum atomic E-state index is 0.101. The van der Waals surface area contributed by atoms with Crippen molar-refractivity contribution in [2.45, 2.75) is 51.6 Å². The fraction of sp³-hybridized carbons (Fsp3) is 0.929. The number of nitrogens with zero attached hydrogens (tertiary/aromatic N) is 1. The van der Waals surface area contributed by atoms with Crippen LogP contribution in [-0.2, 0) is 4.79 Å². The summed E-state index contributed by atoms with van der Waals surface area (Å²) in [4.78, 5) is 13.6. The Kier molecular flexibility index (Phi) is 5.01. The van der Waals surface area contributed by atoms with Gasteiger partial charge < -0.3 is 15.5 Å². The number of amides is 1. The highest BCUT2D eigenvalue weighted by atomic mass is 16.1. The molecule has 0 radical (unpaired) electrons. The molecule has 0 saturated carbocycles. The van der Waals surface area contributed by atoms with Crippen LogP contribution in [0.1, 0.15) is 39.5 Å². The van der Waals surface area contributed by atoms with Crippen molar-refractivity contribution in [3.8, 4) is 0 Å². The summed E-state index contributed by atoms with van der Waals surface area (Å²) in [5, 5.41) is 6.47. The van der Waals surface area contributed by atoms with E-state index in [0.29, 0.717) is 12.0 Å². The van der Waals surface area contributed by atoms with Crippen LogP contribution in [0.3, 0.4) is 0 Å². The van der Waals surface area contributed by atoms with Gasteiger partial charge in [-0.2, -0.15) is 0 Å². The van der Waals surface area contributed by atoms with E-state index in [1.165, 1.54) is 38.8 Å². The summed E-state index contributed by atoms with van der Waals surface area (Å²) in [5.74, 6) is 0.786. The molecule has 4 nitrogen and oxygen atoms in total. The van der Waals surface area contributed by atoms with E-state index >= 15 is 0 Å². The minimum absolute atomic E-state index is 0.101. The molecule has 2 aliphatic rings. The fourth-order valence-electron chi connectivity index (χ4n) is 3.25. The summed E-state index contributed by atoms with van der Waals surface area (Å²) in [6.45, 7) is 8.34. The quantitative estimate of drug-likeness (QED) is 0.788. The molecule has 2 fully saturated rings. The van der Waals surface area contributed by atoms with Gasteiger partial charge in [0.05, 0.1) is 0 Å². The Labute approximate surface area is 110 Å². The molecule has 0 spiro atoms. The lowest BCUT2D eigenvalue weighted by molar-refractivity contribution is -0.119. The Hall–Kier alpha value is -0.610. The SMILES string of the molecule is CC(=O)NCC1CCN(C2CCNC(C)C2)CC1. The van der Waals surface area contributed by atoms with Crippen molar-refractivity contribution in [2.24, 2.45) is 5.92 Å². The number of piperidine rings is 2. The first kappa shape index (κ1) is 13.8. The Morgan fingerprint density at radius 2 is 2.06 bits per heavy atom. The van der Waals surface area contributed by atoms with Gasteiger partial charge in [0.2, 0.25) is 5.91 Å². The first-order valence-corrected chi connectivity index (χ1v) is 7.37. The predicted octanol–water partition coefficient (Wildman–Crippen LogP) is 0.975. The van der Waals surface area contributed by atoms with E-state index in [9.17, 15) is 4.79 Å². The summed E-state index contributed by atoms with van der Waals surface area (Å²) in [7, 11) is 0. The van der Waals surface area contributed by atoms with Crippen molar-refractivity contribution in [3.63, 3.8) is 0 Å². The van der Waals surface area contributed by atoms with Gasteiger partial charge in [0.25, 0.3) is 0 Å². The van der Waals surface area contributed by atoms with Crippen LogP contribution >= 0.6 is 0 Å². The van der Waals surface area contributed by atoms with Gasteiger partial charge in [0, 0.05) is 25.6 Å². The highest BCUT2D eigenvalue weighted by molar-refractivity contribution is 5.72. The van der Waals surface area contributed by atoms with Crippen LogP contribution in [0.5, 0.6) is 0 Å². The molecule has 2 rings (SSSR count). The largest absolute Gasteiger partial charge is 0.356 e. The molecule has 1 amide bonds. The van der Waals surface area contributed by atoms with Crippen molar-refractivity contribution >= 4 is 5.91 Å². The molecule has 2 unspecified atom stereocenters. The molecule has 2 atom stereocenters. The van der Waals surface area contributed by atoms with Crippen LogP contribution in [0.2, 0.25) is 0 Å². The van der Waals surface area contributed by atoms with E-state index in [1.54, 1.807) is 6.92 Å². The highest BCUT2D eigenvalue weighted by Crippen LogP contribution is 2.23. The molecule has 2 N–H and O–H groups in total. The van der Waals surface area contributed by atoms with Crippen LogP contribution in [0.25, 0.3) is 0 Å². The van der Waals surface area contributed by atoms with Crippen molar-refractivity contribution in [1.82, 2.24) is 15.5 Å². The van der Waals surface area contributed by atoms with Crippen LogP contribution in [0.15, 0.2) is 0 Å². The maximum absolute atomic E-state index is 10.9. The second kappa shape index (κ2) is 6.53. The Balaban J connectivity index is 1.71. The Morgan fingerprint density at radius 1 is 1.33 bits per heavy atom. The van der Waals surface area contributed by atoms with Gasteiger partial charge in [-0.15, -0.1) is 0 Å². The molecule has 2 heterocycles. The van der Waals surface area contributed by atoms with Crippen LogP contribution < -0.4 is 10.6 Å². The maximum atomic E-state index is 10.9. The normalized spacial score (nSPS) is 31.2. The topological polar surface area (TPSA) is 44.4 Å². The molecule has 4 heteroatoms. The molecule has 18 heavy (non-hydrogen) atoms. The van der Waals surface area contributed by atoms with E-state index < -0.39 is 0 Å². The average Bonchev–Trinajstić information content (AvgIpc) is 2.37. The van der Waals surface area contributed by atoms with Crippen LogP contribution in [0.4, 0.5) is 0 Å². The Bertz CT molecular complexity index is 274. The predicted molar refractivity (Wildman–Crippen MR) is 73.5 cm³/mol. The number of hydrogen-bond acceptors (Lipinski definition) is 3. The molecular formula is C14H27N3O. The smallest absolute Gasteiger partial charge is 0.216 e. The van der Waals surface area contributed by atoms with E-state index in [4.69, 9.17) is 0 Å². The second-order valence-corrected chi connectivity index (χ2v) is 5.95. The third-order valence-corrected chi connectivity index (χ3v) is 4.40. The fourth-order valence-corrected chi connectivity index (χ4v) is 3.25. The number of likely N-dealkylation sites (tertiary alicyclic amines) is 1. The average molecular weight is 253 g/mol. The zero-order chi connectivity index (χ0) is 13.0. The molecule has 0 bridgehead atoms. The Morgan fingerprint density at radius 3 is 2.67 bits per heavy atom. The zero-order valence-electron chi connectivity index (χ0n) is 11.7. The highest BCUT2D eigenvalue weighted by Gasteiger charge is 2.27. The first-order chi connectivity index (χ1) is 8.65.